The fourth-order valence-corrected chi connectivity index (χ4v) is 13.1. The summed E-state index contributed by atoms with van der Waals surface area (Å²) < 4.78 is 2.45. The largest absolute Gasteiger partial charge is 0.372 e. The quantitative estimate of drug-likeness (QED) is 0.0364. The minimum absolute atomic E-state index is 1.09. The van der Waals surface area contributed by atoms with E-state index >= 15 is 0 Å². The average molecular weight is 1050 g/mol. The van der Waals surface area contributed by atoms with Crippen molar-refractivity contribution >= 4 is 54.5 Å². The Morgan fingerprint density at radius 2 is 0.500 bits per heavy atom. The van der Waals surface area contributed by atoms with Crippen molar-refractivity contribution in [3.8, 4) is 21.1 Å². The van der Waals surface area contributed by atoms with Crippen LogP contribution in [0.4, 0.5) is 11.4 Å². The first-order chi connectivity index (χ1) is 36.6. The predicted octanol–water partition coefficient (Wildman–Crippen LogP) is 23.5. The van der Waals surface area contributed by atoms with E-state index in [0.29, 0.717) is 0 Å². The van der Waals surface area contributed by atoms with Gasteiger partial charge in [0.1, 0.15) is 10.0 Å². The summed E-state index contributed by atoms with van der Waals surface area (Å²) in [6, 6.07) is 23.4. The van der Waals surface area contributed by atoms with Gasteiger partial charge in [0.05, 0.1) is 20.4 Å². The summed E-state index contributed by atoms with van der Waals surface area (Å²) in [7, 11) is 0. The molecule has 0 atom stereocenters. The number of aromatic nitrogens is 2. The Morgan fingerprint density at radius 1 is 0.284 bits per heavy atom. The van der Waals surface area contributed by atoms with Crippen LogP contribution in [-0.4, -0.2) is 36.1 Å². The van der Waals surface area contributed by atoms with Crippen LogP contribution in [0.5, 0.6) is 0 Å². The van der Waals surface area contributed by atoms with Gasteiger partial charge < -0.3 is 9.80 Å². The molecule has 0 aliphatic carbocycles. The van der Waals surface area contributed by atoms with Crippen LogP contribution in [0.2, 0.25) is 0 Å². The van der Waals surface area contributed by atoms with Gasteiger partial charge in [-0.05, 0) is 86.3 Å². The van der Waals surface area contributed by atoms with Crippen molar-refractivity contribution in [1.82, 2.24) is 9.97 Å². The molecule has 0 fully saturated rings. The smallest absolute Gasteiger partial charge is 0.124 e. The number of benzene rings is 3. The van der Waals surface area contributed by atoms with Gasteiger partial charge in [0.2, 0.25) is 0 Å². The standard InChI is InChI=1S/C68H110N4S2/c1-5-9-13-17-21-25-29-33-37-41-53-71(54-42-38-34-30-26-22-18-14-10-6-2)61-49-45-59(46-50-61)67-69-63-57-66-64(58-65(63)73-67)70-68(74-66)60-47-51-62(52-48-60)72(55-43-39-35-31-27-23-19-15-11-7-3)56-44-40-36-32-28-24-20-16-12-8-4/h45-52,57-58H,5-44,53-56H2,1-4H3. The molecule has 0 bridgehead atoms. The highest BCUT2D eigenvalue weighted by Gasteiger charge is 2.15. The Kier molecular flexibility index (Phi) is 33.7. The average Bonchev–Trinajstić information content (AvgIpc) is 4.04. The molecule has 0 aliphatic rings. The van der Waals surface area contributed by atoms with Crippen molar-refractivity contribution in [1.29, 1.82) is 0 Å². The van der Waals surface area contributed by atoms with Crippen molar-refractivity contribution in [2.45, 2.75) is 285 Å². The van der Waals surface area contributed by atoms with Crippen LogP contribution >= 0.6 is 22.7 Å². The fourth-order valence-electron chi connectivity index (χ4n) is 11.1. The van der Waals surface area contributed by atoms with Crippen LogP contribution in [0, 0.1) is 0 Å². The number of thiazole rings is 2. The van der Waals surface area contributed by atoms with Crippen molar-refractivity contribution in [2.75, 3.05) is 36.0 Å². The minimum atomic E-state index is 1.09. The molecular weight excluding hydrogens is 937 g/mol. The van der Waals surface area contributed by atoms with E-state index < -0.39 is 0 Å². The number of hydrogen-bond acceptors (Lipinski definition) is 6. The maximum absolute atomic E-state index is 5.23. The van der Waals surface area contributed by atoms with Crippen LogP contribution in [0.1, 0.15) is 285 Å². The van der Waals surface area contributed by atoms with E-state index in [2.05, 4.69) is 98.2 Å². The molecule has 4 nitrogen and oxygen atoms in total. The molecule has 74 heavy (non-hydrogen) atoms. The molecule has 0 radical (unpaired) electrons. The lowest BCUT2D eigenvalue weighted by molar-refractivity contribution is 0.543. The normalized spacial score (nSPS) is 11.7. The molecule has 0 unspecified atom stereocenters. The summed E-state index contributed by atoms with van der Waals surface area (Å²) in [6.45, 7) is 13.9. The van der Waals surface area contributed by atoms with Crippen LogP contribution in [0.15, 0.2) is 60.7 Å². The molecular formula is C68H110N4S2. The second-order valence-corrected chi connectivity index (χ2v) is 24.7. The molecule has 2 aromatic heterocycles. The van der Waals surface area contributed by atoms with Gasteiger partial charge >= 0.3 is 0 Å². The summed E-state index contributed by atoms with van der Waals surface area (Å²) in [5.41, 5.74) is 7.38. The van der Waals surface area contributed by atoms with Gasteiger partial charge in [-0.1, -0.05) is 259 Å². The van der Waals surface area contributed by atoms with E-state index in [-0.39, 0.29) is 0 Å². The Balaban J connectivity index is 1.15. The first kappa shape index (κ1) is 61.9. The van der Waals surface area contributed by atoms with E-state index in [1.54, 1.807) is 0 Å². The maximum Gasteiger partial charge on any atom is 0.124 e. The highest BCUT2D eigenvalue weighted by Crippen LogP contribution is 2.38. The van der Waals surface area contributed by atoms with Gasteiger partial charge in [-0.25, -0.2) is 9.97 Å². The Labute approximate surface area is 464 Å². The van der Waals surface area contributed by atoms with E-state index in [1.807, 2.05) is 22.7 Å². The first-order valence-corrected chi connectivity index (χ1v) is 33.7. The third-order valence-electron chi connectivity index (χ3n) is 16.0. The first-order valence-electron chi connectivity index (χ1n) is 32.0. The zero-order chi connectivity index (χ0) is 51.9. The summed E-state index contributed by atoms with van der Waals surface area (Å²) >= 11 is 3.62. The number of hydrogen-bond donors (Lipinski definition) is 0. The van der Waals surface area contributed by atoms with Gasteiger partial charge in [-0.3, -0.25) is 0 Å². The van der Waals surface area contributed by atoms with E-state index in [4.69, 9.17) is 9.97 Å². The molecule has 0 spiro atoms. The molecule has 6 heteroatoms. The van der Waals surface area contributed by atoms with Crippen LogP contribution in [0.25, 0.3) is 41.6 Å². The van der Waals surface area contributed by atoms with Gasteiger partial charge in [-0.15, -0.1) is 22.7 Å². The zero-order valence-electron chi connectivity index (χ0n) is 48.5. The van der Waals surface area contributed by atoms with Crippen LogP contribution in [0.3, 0.4) is 0 Å². The third kappa shape index (κ3) is 25.0. The van der Waals surface area contributed by atoms with Crippen molar-refractivity contribution in [3.63, 3.8) is 0 Å². The molecule has 0 saturated carbocycles. The van der Waals surface area contributed by atoms with Gasteiger partial charge in [0.25, 0.3) is 0 Å². The Hall–Kier alpha value is -2.96. The Bertz CT molecular complexity index is 1840. The summed E-state index contributed by atoms with van der Waals surface area (Å²) in [6.07, 6.45) is 55.5. The number of anilines is 2. The van der Waals surface area contributed by atoms with Gasteiger partial charge in [0.15, 0.2) is 0 Å². The molecule has 0 saturated heterocycles. The molecule has 2 heterocycles. The predicted molar refractivity (Wildman–Crippen MR) is 335 cm³/mol. The van der Waals surface area contributed by atoms with E-state index in [1.165, 1.54) is 315 Å². The highest BCUT2D eigenvalue weighted by atomic mass is 32.1. The highest BCUT2D eigenvalue weighted by molar-refractivity contribution is 7.23. The maximum atomic E-state index is 5.23. The van der Waals surface area contributed by atoms with Crippen molar-refractivity contribution < 1.29 is 0 Å². The minimum Gasteiger partial charge on any atom is -0.372 e. The molecule has 0 aliphatic heterocycles. The molecule has 0 N–H and O–H groups in total. The number of rotatable bonds is 48. The molecule has 5 rings (SSSR count). The molecule has 414 valence electrons. The van der Waals surface area contributed by atoms with E-state index in [0.717, 1.165) is 21.0 Å². The number of unbranched alkanes of at least 4 members (excludes halogenated alkanes) is 36. The van der Waals surface area contributed by atoms with Crippen molar-refractivity contribution in [2.24, 2.45) is 0 Å². The second-order valence-electron chi connectivity index (χ2n) is 22.6. The fraction of sp³-hybridized carbons (Fsp3) is 0.706. The number of nitrogens with zero attached hydrogens (tertiary/aromatic N) is 4. The van der Waals surface area contributed by atoms with E-state index in [9.17, 15) is 0 Å². The molecule has 5 aromatic rings. The zero-order valence-corrected chi connectivity index (χ0v) is 50.1. The van der Waals surface area contributed by atoms with Gasteiger partial charge in [-0.2, -0.15) is 0 Å². The lowest BCUT2D eigenvalue weighted by Crippen LogP contribution is -2.25. The Morgan fingerprint density at radius 3 is 0.730 bits per heavy atom. The summed E-state index contributed by atoms with van der Waals surface area (Å²) in [4.78, 5) is 15.8. The van der Waals surface area contributed by atoms with Gasteiger partial charge in [0, 0.05) is 48.7 Å². The SMILES string of the molecule is CCCCCCCCCCCCN(CCCCCCCCCCCC)c1ccc(-c2nc3cc4sc(-c5ccc(N(CCCCCCCCCCCC)CCCCCCCCCCCC)cc5)nc4cc3s2)cc1. The summed E-state index contributed by atoms with van der Waals surface area (Å²) in [5, 5.41) is 2.22. The second kappa shape index (κ2) is 40.3. The monoisotopic (exact) mass is 1050 g/mol. The lowest BCUT2D eigenvalue weighted by Gasteiger charge is -2.25. The van der Waals surface area contributed by atoms with Crippen molar-refractivity contribution in [3.05, 3.63) is 60.7 Å². The summed E-state index contributed by atoms with van der Waals surface area (Å²) in [5.74, 6) is 0. The topological polar surface area (TPSA) is 32.3 Å². The molecule has 0 amide bonds. The van der Waals surface area contributed by atoms with Crippen LogP contribution in [-0.2, 0) is 0 Å². The lowest BCUT2D eigenvalue weighted by atomic mass is 10.1. The molecule has 3 aromatic carbocycles. The van der Waals surface area contributed by atoms with Crippen LogP contribution < -0.4 is 9.80 Å². The number of fused-ring (bicyclic) bond motifs is 2. The third-order valence-corrected chi connectivity index (χ3v) is 18.1.